The molecular weight excluding hydrogens is 240 g/mol. The minimum Gasteiger partial charge on any atom is -0.381 e. The third-order valence-electron chi connectivity index (χ3n) is 2.66. The maximum atomic E-state index is 11.8. The molecule has 1 amide bonds. The SMILES string of the molecule is CC(C)COCCCNC(=O)[C@H](N)c1ccccc1. The van der Waals surface area contributed by atoms with Gasteiger partial charge in [-0.25, -0.2) is 0 Å². The number of amides is 1. The average Bonchev–Trinajstić information content (AvgIpc) is 2.42. The lowest BCUT2D eigenvalue weighted by atomic mass is 10.1. The summed E-state index contributed by atoms with van der Waals surface area (Å²) in [4.78, 5) is 11.8. The van der Waals surface area contributed by atoms with Gasteiger partial charge < -0.3 is 15.8 Å². The summed E-state index contributed by atoms with van der Waals surface area (Å²) in [6.07, 6.45) is 0.806. The number of benzene rings is 1. The molecule has 1 aromatic rings. The van der Waals surface area contributed by atoms with Crippen LogP contribution in [-0.4, -0.2) is 25.7 Å². The van der Waals surface area contributed by atoms with Gasteiger partial charge in [0.25, 0.3) is 0 Å². The first-order valence-corrected chi connectivity index (χ1v) is 6.77. The van der Waals surface area contributed by atoms with E-state index in [-0.39, 0.29) is 5.91 Å². The molecule has 1 rings (SSSR count). The van der Waals surface area contributed by atoms with Crippen molar-refractivity contribution in [3.63, 3.8) is 0 Å². The molecule has 0 unspecified atom stereocenters. The predicted octanol–water partition coefficient (Wildman–Crippen LogP) is 1.87. The van der Waals surface area contributed by atoms with E-state index < -0.39 is 6.04 Å². The summed E-state index contributed by atoms with van der Waals surface area (Å²) in [5.74, 6) is 0.399. The molecule has 4 heteroatoms. The molecule has 4 nitrogen and oxygen atoms in total. The van der Waals surface area contributed by atoms with Crippen LogP contribution in [0.2, 0.25) is 0 Å². The average molecular weight is 264 g/mol. The zero-order valence-corrected chi connectivity index (χ0v) is 11.8. The second-order valence-electron chi connectivity index (χ2n) is 5.00. The Bertz CT molecular complexity index is 366. The van der Waals surface area contributed by atoms with E-state index in [1.54, 1.807) is 0 Å². The van der Waals surface area contributed by atoms with E-state index in [4.69, 9.17) is 10.5 Å². The molecule has 0 heterocycles. The van der Waals surface area contributed by atoms with Gasteiger partial charge in [-0.05, 0) is 17.9 Å². The molecule has 1 aromatic carbocycles. The molecule has 19 heavy (non-hydrogen) atoms. The van der Waals surface area contributed by atoms with Crippen molar-refractivity contribution in [2.45, 2.75) is 26.3 Å². The van der Waals surface area contributed by atoms with Gasteiger partial charge >= 0.3 is 0 Å². The maximum Gasteiger partial charge on any atom is 0.241 e. The maximum absolute atomic E-state index is 11.8. The second-order valence-corrected chi connectivity index (χ2v) is 5.00. The number of nitrogens with two attached hydrogens (primary N) is 1. The Kier molecular flexibility index (Phi) is 7.15. The highest BCUT2D eigenvalue weighted by Gasteiger charge is 2.14. The van der Waals surface area contributed by atoms with Crippen molar-refractivity contribution in [2.24, 2.45) is 11.7 Å². The van der Waals surface area contributed by atoms with Gasteiger partial charge in [0, 0.05) is 19.8 Å². The summed E-state index contributed by atoms with van der Waals surface area (Å²) >= 11 is 0. The van der Waals surface area contributed by atoms with E-state index in [2.05, 4.69) is 19.2 Å². The van der Waals surface area contributed by atoms with E-state index in [1.807, 2.05) is 30.3 Å². The van der Waals surface area contributed by atoms with Gasteiger partial charge in [0.1, 0.15) is 6.04 Å². The zero-order valence-electron chi connectivity index (χ0n) is 11.8. The van der Waals surface area contributed by atoms with Gasteiger partial charge in [0.2, 0.25) is 5.91 Å². The minimum atomic E-state index is -0.599. The van der Waals surface area contributed by atoms with E-state index in [9.17, 15) is 4.79 Å². The van der Waals surface area contributed by atoms with Gasteiger partial charge in [-0.3, -0.25) is 4.79 Å². The van der Waals surface area contributed by atoms with Crippen LogP contribution in [0.4, 0.5) is 0 Å². The smallest absolute Gasteiger partial charge is 0.241 e. The Labute approximate surface area is 115 Å². The van der Waals surface area contributed by atoms with Gasteiger partial charge in [-0.2, -0.15) is 0 Å². The van der Waals surface area contributed by atoms with Crippen molar-refractivity contribution in [2.75, 3.05) is 19.8 Å². The van der Waals surface area contributed by atoms with Gasteiger partial charge in [-0.15, -0.1) is 0 Å². The van der Waals surface area contributed by atoms with E-state index in [0.717, 1.165) is 18.6 Å². The standard InChI is InChI=1S/C15H24N2O2/c1-12(2)11-19-10-6-9-17-15(18)14(16)13-7-4-3-5-8-13/h3-5,7-8,12,14H,6,9-11,16H2,1-2H3,(H,17,18)/t14-/m1/s1. The van der Waals surface area contributed by atoms with E-state index >= 15 is 0 Å². The Morgan fingerprint density at radius 1 is 1.32 bits per heavy atom. The van der Waals surface area contributed by atoms with Crippen LogP contribution >= 0.6 is 0 Å². The van der Waals surface area contributed by atoms with Crippen LogP contribution < -0.4 is 11.1 Å². The molecule has 0 saturated heterocycles. The lowest BCUT2D eigenvalue weighted by molar-refractivity contribution is -0.122. The molecule has 0 aliphatic rings. The summed E-state index contributed by atoms with van der Waals surface area (Å²) in [7, 11) is 0. The molecule has 0 fully saturated rings. The van der Waals surface area contributed by atoms with Gasteiger partial charge in [0.05, 0.1) is 0 Å². The summed E-state index contributed by atoms with van der Waals surface area (Å²) in [6, 6.07) is 8.77. The topological polar surface area (TPSA) is 64.3 Å². The van der Waals surface area contributed by atoms with Crippen LogP contribution in [0.5, 0.6) is 0 Å². The number of hydrogen-bond donors (Lipinski definition) is 2. The minimum absolute atomic E-state index is 0.143. The molecule has 0 aliphatic carbocycles. The van der Waals surface area contributed by atoms with Crippen LogP contribution in [0.15, 0.2) is 30.3 Å². The van der Waals surface area contributed by atoms with Crippen molar-refractivity contribution in [3.8, 4) is 0 Å². The second kappa shape index (κ2) is 8.67. The molecule has 3 N–H and O–H groups in total. The molecule has 0 saturated carbocycles. The van der Waals surface area contributed by atoms with Crippen molar-refractivity contribution in [1.82, 2.24) is 5.32 Å². The molecule has 0 radical (unpaired) electrons. The van der Waals surface area contributed by atoms with Crippen LogP contribution in [0.1, 0.15) is 31.9 Å². The third kappa shape index (κ3) is 6.36. The summed E-state index contributed by atoms with van der Waals surface area (Å²) in [5, 5.41) is 2.83. The fraction of sp³-hybridized carbons (Fsp3) is 0.533. The van der Waals surface area contributed by atoms with Crippen LogP contribution in [0.3, 0.4) is 0 Å². The highest BCUT2D eigenvalue weighted by atomic mass is 16.5. The number of ether oxygens (including phenoxy) is 1. The molecule has 0 aromatic heterocycles. The Morgan fingerprint density at radius 3 is 2.63 bits per heavy atom. The number of carbonyl (C=O) groups is 1. The molecule has 0 bridgehead atoms. The van der Waals surface area contributed by atoms with Gasteiger partial charge in [-0.1, -0.05) is 44.2 Å². The molecule has 1 atom stereocenters. The first-order valence-electron chi connectivity index (χ1n) is 6.77. The highest BCUT2D eigenvalue weighted by molar-refractivity contribution is 5.82. The Balaban J connectivity index is 2.17. The Hall–Kier alpha value is -1.39. The number of carbonyl (C=O) groups excluding carboxylic acids is 1. The summed E-state index contributed by atoms with van der Waals surface area (Å²) < 4.78 is 5.44. The largest absolute Gasteiger partial charge is 0.381 e. The van der Waals surface area contributed by atoms with Crippen molar-refractivity contribution >= 4 is 5.91 Å². The summed E-state index contributed by atoms with van der Waals surface area (Å²) in [6.45, 7) is 6.25. The van der Waals surface area contributed by atoms with E-state index in [1.165, 1.54) is 0 Å². The zero-order chi connectivity index (χ0) is 14.1. The monoisotopic (exact) mass is 264 g/mol. The first kappa shape index (κ1) is 15.7. The normalized spacial score (nSPS) is 12.4. The van der Waals surface area contributed by atoms with Crippen molar-refractivity contribution in [3.05, 3.63) is 35.9 Å². The van der Waals surface area contributed by atoms with E-state index in [0.29, 0.717) is 19.1 Å². The highest BCUT2D eigenvalue weighted by Crippen LogP contribution is 2.08. The lowest BCUT2D eigenvalue weighted by Gasteiger charge is -2.12. The predicted molar refractivity (Wildman–Crippen MR) is 76.7 cm³/mol. The van der Waals surface area contributed by atoms with Crippen molar-refractivity contribution in [1.29, 1.82) is 0 Å². The van der Waals surface area contributed by atoms with Crippen molar-refractivity contribution < 1.29 is 9.53 Å². The molecule has 106 valence electrons. The fourth-order valence-electron chi connectivity index (χ4n) is 1.63. The molecule has 0 spiro atoms. The lowest BCUT2D eigenvalue weighted by Crippen LogP contribution is -2.35. The number of nitrogens with one attached hydrogen (secondary N) is 1. The first-order chi connectivity index (χ1) is 9.11. The third-order valence-corrected chi connectivity index (χ3v) is 2.66. The quantitative estimate of drug-likeness (QED) is 0.704. The molecular formula is C15H24N2O2. The van der Waals surface area contributed by atoms with Crippen LogP contribution in [-0.2, 0) is 9.53 Å². The van der Waals surface area contributed by atoms with Crippen LogP contribution in [0.25, 0.3) is 0 Å². The van der Waals surface area contributed by atoms with Gasteiger partial charge in [0.15, 0.2) is 0 Å². The Morgan fingerprint density at radius 2 is 2.00 bits per heavy atom. The number of hydrogen-bond acceptors (Lipinski definition) is 3. The van der Waals surface area contributed by atoms with Crippen LogP contribution in [0, 0.1) is 5.92 Å². The summed E-state index contributed by atoms with van der Waals surface area (Å²) in [5.41, 5.74) is 6.71. The molecule has 0 aliphatic heterocycles. The number of rotatable bonds is 8. The fourth-order valence-corrected chi connectivity index (χ4v) is 1.63.